The Bertz CT molecular complexity index is 534. The molecule has 0 amide bonds. The van der Waals surface area contributed by atoms with Crippen LogP contribution >= 0.6 is 31.9 Å². The number of benzene rings is 1. The molecule has 0 fully saturated rings. The van der Waals surface area contributed by atoms with E-state index < -0.39 is 0 Å². The van der Waals surface area contributed by atoms with Gasteiger partial charge in [0.1, 0.15) is 17.0 Å². The Balaban J connectivity index is 2.13. The predicted octanol–water partition coefficient (Wildman–Crippen LogP) is 4.32. The molecule has 2 nitrogen and oxygen atoms in total. The first-order valence-corrected chi connectivity index (χ1v) is 6.43. The van der Waals surface area contributed by atoms with Gasteiger partial charge in [0.15, 0.2) is 5.75 Å². The van der Waals surface area contributed by atoms with E-state index in [0.29, 0.717) is 14.8 Å². The fraction of sp³-hybridized carbons (Fsp3) is 0.0833. The van der Waals surface area contributed by atoms with Crippen molar-refractivity contribution in [2.75, 3.05) is 0 Å². The van der Waals surface area contributed by atoms with Crippen LogP contribution in [-0.4, -0.2) is 4.98 Å². The van der Waals surface area contributed by atoms with Gasteiger partial charge in [-0.3, -0.25) is 0 Å². The molecule has 0 saturated heterocycles. The molecular weight excluding hydrogens is 353 g/mol. The number of aromatic nitrogens is 1. The van der Waals surface area contributed by atoms with Crippen LogP contribution in [0, 0.1) is 5.82 Å². The highest BCUT2D eigenvalue weighted by Crippen LogP contribution is 2.25. The zero-order valence-electron chi connectivity index (χ0n) is 8.66. The van der Waals surface area contributed by atoms with Gasteiger partial charge in [-0.2, -0.15) is 0 Å². The Labute approximate surface area is 115 Å². The third kappa shape index (κ3) is 3.04. The molecule has 1 aromatic carbocycles. The van der Waals surface area contributed by atoms with Gasteiger partial charge in [0.25, 0.3) is 0 Å². The molecule has 1 aromatic heterocycles. The van der Waals surface area contributed by atoms with Crippen molar-refractivity contribution in [2.45, 2.75) is 6.61 Å². The normalized spacial score (nSPS) is 10.3. The van der Waals surface area contributed by atoms with E-state index in [4.69, 9.17) is 4.74 Å². The summed E-state index contributed by atoms with van der Waals surface area (Å²) in [7, 11) is 0. The van der Waals surface area contributed by atoms with Crippen molar-refractivity contribution in [1.82, 2.24) is 4.98 Å². The van der Waals surface area contributed by atoms with Gasteiger partial charge in [-0.25, -0.2) is 9.37 Å². The Morgan fingerprint density at radius 2 is 2.00 bits per heavy atom. The molecule has 0 atom stereocenters. The first-order chi connectivity index (χ1) is 8.18. The molecule has 0 aliphatic heterocycles. The number of ether oxygens (including phenoxy) is 1. The van der Waals surface area contributed by atoms with Crippen LogP contribution in [-0.2, 0) is 6.61 Å². The molecule has 88 valence electrons. The summed E-state index contributed by atoms with van der Waals surface area (Å²) in [5, 5.41) is 0. The predicted molar refractivity (Wildman–Crippen MR) is 70.4 cm³/mol. The maximum atomic E-state index is 13.3. The highest BCUT2D eigenvalue weighted by Gasteiger charge is 2.07. The second-order valence-electron chi connectivity index (χ2n) is 3.29. The average molecular weight is 361 g/mol. The molecule has 1 heterocycles. The fourth-order valence-corrected chi connectivity index (χ4v) is 2.04. The SMILES string of the molecule is Fc1cccc(COc2cccnc2Br)c1Br. The minimum atomic E-state index is -0.295. The quantitative estimate of drug-likeness (QED) is 0.760. The van der Waals surface area contributed by atoms with Crippen LogP contribution in [0.25, 0.3) is 0 Å². The van der Waals surface area contributed by atoms with E-state index in [1.54, 1.807) is 30.5 Å². The number of halogens is 3. The molecule has 0 bridgehead atoms. The Kier molecular flexibility index (Phi) is 4.12. The van der Waals surface area contributed by atoms with Crippen molar-refractivity contribution in [3.63, 3.8) is 0 Å². The molecule has 0 radical (unpaired) electrons. The zero-order valence-corrected chi connectivity index (χ0v) is 11.8. The van der Waals surface area contributed by atoms with Gasteiger partial charge in [0.2, 0.25) is 0 Å². The third-order valence-electron chi connectivity index (χ3n) is 2.14. The maximum Gasteiger partial charge on any atom is 0.152 e. The summed E-state index contributed by atoms with van der Waals surface area (Å²) < 4.78 is 19.9. The molecule has 0 N–H and O–H groups in total. The Morgan fingerprint density at radius 1 is 1.18 bits per heavy atom. The maximum absolute atomic E-state index is 13.3. The second-order valence-corrected chi connectivity index (χ2v) is 4.84. The van der Waals surface area contributed by atoms with Crippen molar-refractivity contribution in [1.29, 1.82) is 0 Å². The number of nitrogens with zero attached hydrogens (tertiary/aromatic N) is 1. The van der Waals surface area contributed by atoms with Crippen molar-refractivity contribution in [3.05, 3.63) is 57.0 Å². The second kappa shape index (κ2) is 5.60. The molecule has 17 heavy (non-hydrogen) atoms. The van der Waals surface area contributed by atoms with E-state index in [9.17, 15) is 4.39 Å². The lowest BCUT2D eigenvalue weighted by atomic mass is 10.2. The van der Waals surface area contributed by atoms with Crippen molar-refractivity contribution in [3.8, 4) is 5.75 Å². The molecule has 0 aliphatic rings. The van der Waals surface area contributed by atoms with Crippen LogP contribution in [0.1, 0.15) is 5.56 Å². The Hall–Kier alpha value is -0.940. The van der Waals surface area contributed by atoms with Crippen LogP contribution in [0.5, 0.6) is 5.75 Å². The van der Waals surface area contributed by atoms with E-state index in [2.05, 4.69) is 36.8 Å². The minimum absolute atomic E-state index is 0.280. The number of pyridine rings is 1. The monoisotopic (exact) mass is 359 g/mol. The highest BCUT2D eigenvalue weighted by molar-refractivity contribution is 9.10. The molecule has 0 saturated carbocycles. The van der Waals surface area contributed by atoms with Gasteiger partial charge in [-0.15, -0.1) is 0 Å². The minimum Gasteiger partial charge on any atom is -0.486 e. The van der Waals surface area contributed by atoms with Gasteiger partial charge in [-0.1, -0.05) is 12.1 Å². The van der Waals surface area contributed by atoms with Gasteiger partial charge >= 0.3 is 0 Å². The molecule has 2 aromatic rings. The average Bonchev–Trinajstić information content (AvgIpc) is 2.33. The summed E-state index contributed by atoms with van der Waals surface area (Å²) in [4.78, 5) is 4.04. The smallest absolute Gasteiger partial charge is 0.152 e. The number of hydrogen-bond acceptors (Lipinski definition) is 2. The van der Waals surface area contributed by atoms with E-state index in [0.717, 1.165) is 5.56 Å². The summed E-state index contributed by atoms with van der Waals surface area (Å²) in [6.45, 7) is 0.280. The largest absolute Gasteiger partial charge is 0.486 e. The molecule has 0 aliphatic carbocycles. The number of hydrogen-bond donors (Lipinski definition) is 0. The lowest BCUT2D eigenvalue weighted by Crippen LogP contribution is -1.98. The lowest BCUT2D eigenvalue weighted by Gasteiger charge is -2.09. The first kappa shape index (κ1) is 12.5. The highest BCUT2D eigenvalue weighted by atomic mass is 79.9. The van der Waals surface area contributed by atoms with Gasteiger partial charge in [0, 0.05) is 11.8 Å². The topological polar surface area (TPSA) is 22.1 Å². The summed E-state index contributed by atoms with van der Waals surface area (Å²) in [5.41, 5.74) is 0.751. The zero-order chi connectivity index (χ0) is 12.3. The van der Waals surface area contributed by atoms with Gasteiger partial charge in [0.05, 0.1) is 4.47 Å². The van der Waals surface area contributed by atoms with Crippen LogP contribution in [0.3, 0.4) is 0 Å². The fourth-order valence-electron chi connectivity index (χ4n) is 1.29. The summed E-state index contributed by atoms with van der Waals surface area (Å²) in [6.07, 6.45) is 1.66. The van der Waals surface area contributed by atoms with E-state index in [-0.39, 0.29) is 12.4 Å². The summed E-state index contributed by atoms with van der Waals surface area (Å²) in [6, 6.07) is 8.42. The standard InChI is InChI=1S/C12H8Br2FNO/c13-11-8(3-1-4-9(11)15)7-17-10-5-2-6-16-12(10)14/h1-6H,7H2. The molecule has 0 unspecified atom stereocenters. The van der Waals surface area contributed by atoms with E-state index in [1.807, 2.05) is 0 Å². The van der Waals surface area contributed by atoms with Crippen LogP contribution in [0.4, 0.5) is 4.39 Å². The van der Waals surface area contributed by atoms with Gasteiger partial charge < -0.3 is 4.74 Å². The third-order valence-corrected chi connectivity index (χ3v) is 3.62. The number of rotatable bonds is 3. The van der Waals surface area contributed by atoms with E-state index >= 15 is 0 Å². The molecule has 5 heteroatoms. The van der Waals surface area contributed by atoms with Crippen LogP contribution < -0.4 is 4.74 Å². The van der Waals surface area contributed by atoms with Crippen molar-refractivity contribution < 1.29 is 9.13 Å². The molecule has 2 rings (SSSR count). The van der Waals surface area contributed by atoms with Gasteiger partial charge in [-0.05, 0) is 50.1 Å². The summed E-state index contributed by atoms with van der Waals surface area (Å²) >= 11 is 6.47. The van der Waals surface area contributed by atoms with Crippen molar-refractivity contribution >= 4 is 31.9 Å². The Morgan fingerprint density at radius 3 is 2.76 bits per heavy atom. The lowest BCUT2D eigenvalue weighted by molar-refractivity contribution is 0.301. The van der Waals surface area contributed by atoms with E-state index in [1.165, 1.54) is 6.07 Å². The summed E-state index contributed by atoms with van der Waals surface area (Å²) in [5.74, 6) is 0.333. The first-order valence-electron chi connectivity index (χ1n) is 4.84. The van der Waals surface area contributed by atoms with Crippen LogP contribution in [0.15, 0.2) is 45.6 Å². The van der Waals surface area contributed by atoms with Crippen molar-refractivity contribution in [2.24, 2.45) is 0 Å². The molecule has 0 spiro atoms. The molecular formula is C12H8Br2FNO. The van der Waals surface area contributed by atoms with Crippen LogP contribution in [0.2, 0.25) is 0 Å².